The number of benzene rings is 2. The van der Waals surface area contributed by atoms with Gasteiger partial charge in [-0.15, -0.1) is 0 Å². The predicted octanol–water partition coefficient (Wildman–Crippen LogP) is 3.76. The van der Waals surface area contributed by atoms with E-state index >= 15 is 0 Å². The van der Waals surface area contributed by atoms with E-state index in [1.807, 2.05) is 53.4 Å². The van der Waals surface area contributed by atoms with E-state index in [9.17, 15) is 9.59 Å². The molecule has 32 heavy (non-hydrogen) atoms. The lowest BCUT2D eigenvalue weighted by Gasteiger charge is -2.35. The van der Waals surface area contributed by atoms with Crippen molar-refractivity contribution in [1.29, 1.82) is 0 Å². The van der Waals surface area contributed by atoms with Gasteiger partial charge < -0.3 is 14.4 Å². The summed E-state index contributed by atoms with van der Waals surface area (Å²) in [5.74, 6) is -0.106. The smallest absolute Gasteiger partial charge is 0.260 e. The van der Waals surface area contributed by atoms with Gasteiger partial charge in [0.2, 0.25) is 0 Å². The standard InChI is InChI=1S/C25H25ClN4O2/c26-22-8-4-6-20-18-30(25(32)23(20)22)21-7-3-5-19(17-21)24(31)29-15-13-28(14-16-29)12-11-27-9-1-2-10-27/h1-10,17H,11-16,18H2. The van der Waals surface area contributed by atoms with Gasteiger partial charge in [0.05, 0.1) is 17.1 Å². The normalized spacial score (nSPS) is 16.5. The Bertz CT molecular complexity index is 1140. The third kappa shape index (κ3) is 4.04. The minimum atomic E-state index is -0.119. The lowest BCUT2D eigenvalue weighted by atomic mass is 10.1. The van der Waals surface area contributed by atoms with E-state index in [2.05, 4.69) is 21.9 Å². The molecule has 2 aliphatic rings. The van der Waals surface area contributed by atoms with Gasteiger partial charge in [-0.05, 0) is 42.0 Å². The van der Waals surface area contributed by atoms with Gasteiger partial charge in [-0.2, -0.15) is 0 Å². The van der Waals surface area contributed by atoms with Crippen molar-refractivity contribution in [2.75, 3.05) is 37.6 Å². The number of hydrogen-bond donors (Lipinski definition) is 0. The van der Waals surface area contributed by atoms with E-state index in [0.717, 1.165) is 37.4 Å². The summed E-state index contributed by atoms with van der Waals surface area (Å²) < 4.78 is 2.17. The molecule has 7 heteroatoms. The Labute approximate surface area is 192 Å². The van der Waals surface area contributed by atoms with Crippen LogP contribution in [0.15, 0.2) is 67.0 Å². The molecule has 3 aromatic rings. The summed E-state index contributed by atoms with van der Waals surface area (Å²) in [7, 11) is 0. The molecular formula is C25H25ClN4O2. The topological polar surface area (TPSA) is 48.8 Å². The van der Waals surface area contributed by atoms with Crippen LogP contribution in [0.2, 0.25) is 5.02 Å². The van der Waals surface area contributed by atoms with Gasteiger partial charge >= 0.3 is 0 Å². The van der Waals surface area contributed by atoms with Crippen molar-refractivity contribution in [3.63, 3.8) is 0 Å². The molecule has 2 aromatic carbocycles. The zero-order chi connectivity index (χ0) is 22.1. The molecule has 5 rings (SSSR count). The van der Waals surface area contributed by atoms with Crippen LogP contribution in [0, 0.1) is 0 Å². The number of rotatable bonds is 5. The van der Waals surface area contributed by atoms with Crippen LogP contribution in [0.3, 0.4) is 0 Å². The summed E-state index contributed by atoms with van der Waals surface area (Å²) in [5, 5.41) is 0.469. The van der Waals surface area contributed by atoms with Gasteiger partial charge in [0.15, 0.2) is 0 Å². The van der Waals surface area contributed by atoms with E-state index in [0.29, 0.717) is 35.8 Å². The monoisotopic (exact) mass is 448 g/mol. The zero-order valence-electron chi connectivity index (χ0n) is 17.8. The molecule has 2 amide bonds. The lowest BCUT2D eigenvalue weighted by Crippen LogP contribution is -2.49. The van der Waals surface area contributed by atoms with Crippen LogP contribution in [-0.4, -0.2) is 58.9 Å². The molecule has 2 aliphatic heterocycles. The van der Waals surface area contributed by atoms with E-state index in [1.165, 1.54) is 0 Å². The highest BCUT2D eigenvalue weighted by molar-refractivity contribution is 6.35. The highest BCUT2D eigenvalue weighted by Gasteiger charge is 2.31. The van der Waals surface area contributed by atoms with Gasteiger partial charge in [-0.3, -0.25) is 14.5 Å². The first kappa shape index (κ1) is 20.8. The number of hydrogen-bond acceptors (Lipinski definition) is 3. The molecule has 3 heterocycles. The van der Waals surface area contributed by atoms with Crippen molar-refractivity contribution in [2.45, 2.75) is 13.1 Å². The van der Waals surface area contributed by atoms with Crippen LogP contribution in [0.1, 0.15) is 26.3 Å². The highest BCUT2D eigenvalue weighted by Crippen LogP contribution is 2.33. The molecule has 1 saturated heterocycles. The molecule has 0 N–H and O–H groups in total. The van der Waals surface area contributed by atoms with Crippen molar-refractivity contribution >= 4 is 29.1 Å². The summed E-state index contributed by atoms with van der Waals surface area (Å²) >= 11 is 6.25. The van der Waals surface area contributed by atoms with Crippen LogP contribution in [0.5, 0.6) is 0 Å². The molecule has 0 bridgehead atoms. The van der Waals surface area contributed by atoms with Gasteiger partial charge in [0.1, 0.15) is 0 Å². The van der Waals surface area contributed by atoms with Crippen molar-refractivity contribution in [2.24, 2.45) is 0 Å². The van der Waals surface area contributed by atoms with Crippen molar-refractivity contribution in [1.82, 2.24) is 14.4 Å². The summed E-state index contributed by atoms with van der Waals surface area (Å²) in [6, 6.07) is 16.9. The maximum absolute atomic E-state index is 13.2. The van der Waals surface area contributed by atoms with E-state index in [1.54, 1.807) is 11.0 Å². The van der Waals surface area contributed by atoms with Crippen LogP contribution in [0.25, 0.3) is 0 Å². The van der Waals surface area contributed by atoms with E-state index in [-0.39, 0.29) is 11.8 Å². The lowest BCUT2D eigenvalue weighted by molar-refractivity contribution is 0.0633. The Balaban J connectivity index is 1.23. The fourth-order valence-corrected chi connectivity index (χ4v) is 4.74. The number of halogens is 1. The first-order valence-corrected chi connectivity index (χ1v) is 11.3. The first-order valence-electron chi connectivity index (χ1n) is 10.9. The van der Waals surface area contributed by atoms with Crippen LogP contribution in [0.4, 0.5) is 5.69 Å². The SMILES string of the molecule is O=C(c1cccc(N2Cc3cccc(Cl)c3C2=O)c1)N1CCN(CCn2cccc2)CC1. The Morgan fingerprint density at radius 2 is 1.66 bits per heavy atom. The molecule has 164 valence electrons. The molecular weight excluding hydrogens is 424 g/mol. The maximum Gasteiger partial charge on any atom is 0.260 e. The maximum atomic E-state index is 13.2. The fraction of sp³-hybridized carbons (Fsp3) is 0.280. The van der Waals surface area contributed by atoms with Gasteiger partial charge in [-0.1, -0.05) is 29.8 Å². The van der Waals surface area contributed by atoms with Gasteiger partial charge in [-0.25, -0.2) is 0 Å². The number of aromatic nitrogens is 1. The Kier molecular flexibility index (Phi) is 5.72. The van der Waals surface area contributed by atoms with Gasteiger partial charge in [0.25, 0.3) is 11.8 Å². The van der Waals surface area contributed by atoms with Crippen LogP contribution in [-0.2, 0) is 13.1 Å². The number of piperazine rings is 1. The molecule has 0 aliphatic carbocycles. The summed E-state index contributed by atoms with van der Waals surface area (Å²) in [5.41, 5.74) is 2.80. The Hall–Kier alpha value is -3.09. The average Bonchev–Trinajstić information content (AvgIpc) is 3.46. The third-order valence-corrected chi connectivity index (χ3v) is 6.61. The second kappa shape index (κ2) is 8.81. The van der Waals surface area contributed by atoms with Crippen LogP contribution >= 0.6 is 11.6 Å². The number of fused-ring (bicyclic) bond motifs is 1. The second-order valence-corrected chi connectivity index (χ2v) is 8.68. The van der Waals surface area contributed by atoms with E-state index < -0.39 is 0 Å². The third-order valence-electron chi connectivity index (χ3n) is 6.29. The minimum absolute atomic E-state index is 0.0131. The number of amides is 2. The molecule has 0 saturated carbocycles. The minimum Gasteiger partial charge on any atom is -0.353 e. The quantitative estimate of drug-likeness (QED) is 0.597. The van der Waals surface area contributed by atoms with Gasteiger partial charge in [0, 0.05) is 62.9 Å². The highest BCUT2D eigenvalue weighted by atomic mass is 35.5. The van der Waals surface area contributed by atoms with Crippen LogP contribution < -0.4 is 4.90 Å². The molecule has 0 unspecified atom stereocenters. The molecule has 1 aromatic heterocycles. The molecule has 0 radical (unpaired) electrons. The fourth-order valence-electron chi connectivity index (χ4n) is 4.47. The largest absolute Gasteiger partial charge is 0.353 e. The Morgan fingerprint density at radius 3 is 2.41 bits per heavy atom. The summed E-state index contributed by atoms with van der Waals surface area (Å²) in [6.45, 7) is 5.55. The number of carbonyl (C=O) groups excluding carboxylic acids is 2. The Morgan fingerprint density at radius 1 is 0.906 bits per heavy atom. The first-order chi connectivity index (χ1) is 15.6. The molecule has 0 atom stereocenters. The number of anilines is 1. The number of carbonyl (C=O) groups is 2. The number of nitrogens with zero attached hydrogens (tertiary/aromatic N) is 4. The van der Waals surface area contributed by atoms with Crippen molar-refractivity contribution in [3.05, 3.63) is 88.7 Å². The predicted molar refractivity (Wildman–Crippen MR) is 125 cm³/mol. The molecule has 6 nitrogen and oxygen atoms in total. The summed E-state index contributed by atoms with van der Waals surface area (Å²) in [4.78, 5) is 32.1. The molecule has 1 fully saturated rings. The van der Waals surface area contributed by atoms with Crippen molar-refractivity contribution < 1.29 is 9.59 Å². The second-order valence-electron chi connectivity index (χ2n) is 8.27. The molecule has 0 spiro atoms. The van der Waals surface area contributed by atoms with E-state index in [4.69, 9.17) is 11.6 Å². The summed E-state index contributed by atoms with van der Waals surface area (Å²) in [6.07, 6.45) is 4.15. The average molecular weight is 449 g/mol. The zero-order valence-corrected chi connectivity index (χ0v) is 18.5. The van der Waals surface area contributed by atoms with Crippen molar-refractivity contribution in [3.8, 4) is 0 Å².